The first-order valence-electron chi connectivity index (χ1n) is 8.04. The lowest BCUT2D eigenvalue weighted by Gasteiger charge is -2.46. The lowest BCUT2D eigenvalue weighted by atomic mass is 9.86. The SMILES string of the molecule is CNC(=O)C1(N2CCCC2C(=O)N2CCC2)CCOCC1. The molecule has 3 fully saturated rings. The Labute approximate surface area is 125 Å². The summed E-state index contributed by atoms with van der Waals surface area (Å²) in [6.07, 6.45) is 4.32. The van der Waals surface area contributed by atoms with Gasteiger partial charge in [-0.1, -0.05) is 0 Å². The molecule has 0 bridgehead atoms. The number of nitrogens with zero attached hydrogens (tertiary/aromatic N) is 2. The molecule has 0 saturated carbocycles. The molecule has 2 amide bonds. The molecule has 118 valence electrons. The van der Waals surface area contributed by atoms with Gasteiger partial charge in [-0.05, 0) is 32.1 Å². The molecule has 0 radical (unpaired) electrons. The number of likely N-dealkylation sites (N-methyl/N-ethyl adjacent to an activating group) is 1. The van der Waals surface area contributed by atoms with Crippen molar-refractivity contribution >= 4 is 11.8 Å². The Balaban J connectivity index is 1.83. The van der Waals surface area contributed by atoms with E-state index in [1.807, 2.05) is 4.90 Å². The summed E-state index contributed by atoms with van der Waals surface area (Å²) >= 11 is 0. The van der Waals surface area contributed by atoms with E-state index in [0.29, 0.717) is 26.1 Å². The Morgan fingerprint density at radius 3 is 2.43 bits per heavy atom. The molecule has 21 heavy (non-hydrogen) atoms. The third kappa shape index (κ3) is 2.44. The topological polar surface area (TPSA) is 61.9 Å². The first kappa shape index (κ1) is 14.8. The van der Waals surface area contributed by atoms with E-state index in [1.165, 1.54) is 0 Å². The molecule has 1 N–H and O–H groups in total. The van der Waals surface area contributed by atoms with Gasteiger partial charge in [-0.25, -0.2) is 0 Å². The van der Waals surface area contributed by atoms with E-state index in [9.17, 15) is 9.59 Å². The van der Waals surface area contributed by atoms with Crippen LogP contribution in [0.3, 0.4) is 0 Å². The minimum absolute atomic E-state index is 0.0362. The van der Waals surface area contributed by atoms with Crippen molar-refractivity contribution in [3.8, 4) is 0 Å². The Bertz CT molecular complexity index is 416. The molecule has 3 rings (SSSR count). The molecule has 3 saturated heterocycles. The summed E-state index contributed by atoms with van der Waals surface area (Å²) in [5.41, 5.74) is -0.561. The van der Waals surface area contributed by atoms with Gasteiger partial charge in [-0.15, -0.1) is 0 Å². The highest BCUT2D eigenvalue weighted by Gasteiger charge is 2.51. The molecular weight excluding hydrogens is 270 g/mol. The average Bonchev–Trinajstić information content (AvgIpc) is 2.95. The zero-order chi connectivity index (χ0) is 14.9. The zero-order valence-corrected chi connectivity index (χ0v) is 12.8. The molecule has 0 aromatic rings. The number of nitrogens with one attached hydrogen (secondary N) is 1. The standard InChI is InChI=1S/C15H25N3O3/c1-16-14(20)15(5-10-21-11-6-15)18-9-2-4-12(18)13(19)17-7-3-8-17/h12H,2-11H2,1H3,(H,16,20). The van der Waals surface area contributed by atoms with E-state index in [-0.39, 0.29) is 17.9 Å². The van der Waals surface area contributed by atoms with Crippen LogP contribution in [0.1, 0.15) is 32.1 Å². The average molecular weight is 295 g/mol. The van der Waals surface area contributed by atoms with Crippen molar-refractivity contribution in [2.75, 3.05) is 39.9 Å². The van der Waals surface area contributed by atoms with Crippen LogP contribution in [-0.4, -0.2) is 73.1 Å². The molecule has 0 aromatic carbocycles. The summed E-state index contributed by atoms with van der Waals surface area (Å²) < 4.78 is 5.45. The first-order valence-corrected chi connectivity index (χ1v) is 8.04. The summed E-state index contributed by atoms with van der Waals surface area (Å²) in [5, 5.41) is 2.81. The fourth-order valence-corrected chi connectivity index (χ4v) is 3.87. The number of amides is 2. The van der Waals surface area contributed by atoms with Crippen LogP contribution in [0.25, 0.3) is 0 Å². The van der Waals surface area contributed by atoms with Gasteiger partial charge in [0.05, 0.1) is 6.04 Å². The fraction of sp³-hybridized carbons (Fsp3) is 0.867. The molecule has 6 nitrogen and oxygen atoms in total. The van der Waals surface area contributed by atoms with Gasteiger partial charge in [0.2, 0.25) is 11.8 Å². The van der Waals surface area contributed by atoms with Gasteiger partial charge >= 0.3 is 0 Å². The van der Waals surface area contributed by atoms with Gasteiger partial charge in [0, 0.05) is 39.9 Å². The maximum Gasteiger partial charge on any atom is 0.240 e. The number of hydrogen-bond acceptors (Lipinski definition) is 4. The molecule has 3 heterocycles. The number of ether oxygens (including phenoxy) is 1. The summed E-state index contributed by atoms with van der Waals surface area (Å²) in [7, 11) is 1.68. The summed E-state index contributed by atoms with van der Waals surface area (Å²) in [6, 6.07) is -0.124. The van der Waals surface area contributed by atoms with Crippen LogP contribution in [0.2, 0.25) is 0 Å². The van der Waals surface area contributed by atoms with Gasteiger partial charge in [-0.2, -0.15) is 0 Å². The molecule has 3 aliphatic rings. The predicted octanol–water partition coefficient (Wildman–Crippen LogP) is -0.0217. The van der Waals surface area contributed by atoms with Crippen LogP contribution >= 0.6 is 0 Å². The zero-order valence-electron chi connectivity index (χ0n) is 12.8. The third-order valence-corrected chi connectivity index (χ3v) is 5.23. The largest absolute Gasteiger partial charge is 0.381 e. The Hall–Kier alpha value is -1.14. The number of hydrogen-bond donors (Lipinski definition) is 1. The van der Waals surface area contributed by atoms with E-state index in [2.05, 4.69) is 10.2 Å². The van der Waals surface area contributed by atoms with Crippen LogP contribution in [0.4, 0.5) is 0 Å². The van der Waals surface area contributed by atoms with Crippen LogP contribution < -0.4 is 5.32 Å². The Morgan fingerprint density at radius 1 is 1.14 bits per heavy atom. The van der Waals surface area contributed by atoms with E-state index >= 15 is 0 Å². The van der Waals surface area contributed by atoms with E-state index < -0.39 is 5.54 Å². The lowest BCUT2D eigenvalue weighted by molar-refractivity contribution is -0.150. The number of rotatable bonds is 3. The monoisotopic (exact) mass is 295 g/mol. The number of likely N-dealkylation sites (tertiary alicyclic amines) is 2. The lowest BCUT2D eigenvalue weighted by Crippen LogP contribution is -2.65. The molecule has 3 aliphatic heterocycles. The number of carbonyl (C=O) groups is 2. The van der Waals surface area contributed by atoms with Crippen molar-refractivity contribution in [2.24, 2.45) is 0 Å². The highest BCUT2D eigenvalue weighted by molar-refractivity contribution is 5.89. The normalized spacial score (nSPS) is 29.0. The molecule has 6 heteroatoms. The van der Waals surface area contributed by atoms with Gasteiger partial charge in [0.15, 0.2) is 0 Å². The van der Waals surface area contributed by atoms with Crippen molar-refractivity contribution in [1.82, 2.24) is 15.1 Å². The molecule has 0 spiro atoms. The molecule has 1 atom stereocenters. The Kier molecular flexibility index (Phi) is 4.17. The molecule has 0 aliphatic carbocycles. The smallest absolute Gasteiger partial charge is 0.240 e. The summed E-state index contributed by atoms with van der Waals surface area (Å²) in [4.78, 5) is 29.3. The maximum absolute atomic E-state index is 12.7. The molecule has 0 aromatic heterocycles. The quantitative estimate of drug-likeness (QED) is 0.795. The third-order valence-electron chi connectivity index (χ3n) is 5.23. The van der Waals surface area contributed by atoms with Gasteiger partial charge < -0.3 is 15.0 Å². The second-order valence-corrected chi connectivity index (χ2v) is 6.25. The predicted molar refractivity (Wildman–Crippen MR) is 77.8 cm³/mol. The van der Waals surface area contributed by atoms with Crippen LogP contribution in [-0.2, 0) is 14.3 Å². The molecular formula is C15H25N3O3. The fourth-order valence-electron chi connectivity index (χ4n) is 3.87. The van der Waals surface area contributed by atoms with Crippen LogP contribution in [0.5, 0.6) is 0 Å². The highest BCUT2D eigenvalue weighted by atomic mass is 16.5. The van der Waals surface area contributed by atoms with Gasteiger partial charge in [0.1, 0.15) is 5.54 Å². The Morgan fingerprint density at radius 2 is 1.86 bits per heavy atom. The number of carbonyl (C=O) groups excluding carboxylic acids is 2. The second-order valence-electron chi connectivity index (χ2n) is 6.25. The highest BCUT2D eigenvalue weighted by Crippen LogP contribution is 2.36. The minimum Gasteiger partial charge on any atom is -0.381 e. The van der Waals surface area contributed by atoms with Crippen molar-refractivity contribution in [1.29, 1.82) is 0 Å². The van der Waals surface area contributed by atoms with Crippen LogP contribution in [0.15, 0.2) is 0 Å². The summed E-state index contributed by atoms with van der Waals surface area (Å²) in [6.45, 7) is 3.76. The van der Waals surface area contributed by atoms with Crippen LogP contribution in [0, 0.1) is 0 Å². The molecule has 1 unspecified atom stereocenters. The summed E-state index contributed by atoms with van der Waals surface area (Å²) in [5.74, 6) is 0.252. The first-order chi connectivity index (χ1) is 10.2. The maximum atomic E-state index is 12.7. The second kappa shape index (κ2) is 5.93. The van der Waals surface area contributed by atoms with Gasteiger partial charge in [0.25, 0.3) is 0 Å². The van der Waals surface area contributed by atoms with Crippen molar-refractivity contribution in [3.63, 3.8) is 0 Å². The van der Waals surface area contributed by atoms with E-state index in [4.69, 9.17) is 4.74 Å². The van der Waals surface area contributed by atoms with Crippen molar-refractivity contribution < 1.29 is 14.3 Å². The van der Waals surface area contributed by atoms with Gasteiger partial charge in [-0.3, -0.25) is 14.5 Å². The van der Waals surface area contributed by atoms with Crippen molar-refractivity contribution in [3.05, 3.63) is 0 Å². The van der Waals surface area contributed by atoms with E-state index in [0.717, 1.165) is 38.9 Å². The van der Waals surface area contributed by atoms with E-state index in [1.54, 1.807) is 7.05 Å². The van der Waals surface area contributed by atoms with Crippen molar-refractivity contribution in [2.45, 2.75) is 43.7 Å². The minimum atomic E-state index is -0.561.